The summed E-state index contributed by atoms with van der Waals surface area (Å²) in [6.07, 6.45) is 0.447. The molecule has 3 aliphatic rings. The highest BCUT2D eigenvalue weighted by molar-refractivity contribution is 6.07. The third-order valence-corrected chi connectivity index (χ3v) is 7.88. The van der Waals surface area contributed by atoms with E-state index in [0.717, 1.165) is 23.9 Å². The number of nitrogens with two attached hydrogens (primary N) is 1. The minimum atomic E-state index is -5.05. The normalized spacial score (nSPS) is 23.5. The van der Waals surface area contributed by atoms with Crippen LogP contribution in [-0.2, 0) is 6.54 Å². The standard InChI is InChI=1S/C26H27F3N6O4/c1-13(14-4-5-14)33-12-16-8-15(9-18(19(16)23(33)36)39-26(27,28)29)21-20(22-31-6-3-7-34(22)32-21)24(37)35(30)17-10-25(2,38)11-17/h3,6-9,13-14,17,38H,4-5,10-12,30H2,1-2H3/t13-,17?,25?/m0/s1. The molecule has 3 aromatic rings. The number of hydrogen-bond donors (Lipinski definition) is 2. The Hall–Kier alpha value is -3.71. The Kier molecular flexibility index (Phi) is 5.67. The van der Waals surface area contributed by atoms with E-state index in [1.807, 2.05) is 6.92 Å². The average molecular weight is 545 g/mol. The summed E-state index contributed by atoms with van der Waals surface area (Å²) < 4.78 is 46.1. The first-order valence-corrected chi connectivity index (χ1v) is 12.7. The lowest BCUT2D eigenvalue weighted by atomic mass is 9.77. The molecular weight excluding hydrogens is 517 g/mol. The maximum Gasteiger partial charge on any atom is 0.573 e. The number of carbonyl (C=O) groups excluding carboxylic acids is 2. The molecule has 39 heavy (non-hydrogen) atoms. The zero-order valence-electron chi connectivity index (χ0n) is 21.3. The van der Waals surface area contributed by atoms with Crippen LogP contribution < -0.4 is 10.6 Å². The Morgan fingerprint density at radius 1 is 1.31 bits per heavy atom. The Morgan fingerprint density at radius 2 is 2.03 bits per heavy atom. The Morgan fingerprint density at radius 3 is 2.67 bits per heavy atom. The zero-order chi connectivity index (χ0) is 27.9. The van der Waals surface area contributed by atoms with Crippen molar-refractivity contribution in [3.8, 4) is 17.0 Å². The van der Waals surface area contributed by atoms with Crippen molar-refractivity contribution in [3.63, 3.8) is 0 Å². The number of fused-ring (bicyclic) bond motifs is 2. The molecule has 3 heterocycles. The van der Waals surface area contributed by atoms with Crippen molar-refractivity contribution in [1.29, 1.82) is 0 Å². The molecule has 2 fully saturated rings. The molecule has 10 nitrogen and oxygen atoms in total. The van der Waals surface area contributed by atoms with Crippen LogP contribution in [0.15, 0.2) is 30.6 Å². The molecule has 0 unspecified atom stereocenters. The Balaban J connectivity index is 1.46. The van der Waals surface area contributed by atoms with Gasteiger partial charge in [0.15, 0.2) is 5.65 Å². The van der Waals surface area contributed by atoms with E-state index in [-0.39, 0.29) is 53.5 Å². The molecular formula is C26H27F3N6O4. The summed E-state index contributed by atoms with van der Waals surface area (Å²) in [5.41, 5.74) is -0.360. The van der Waals surface area contributed by atoms with Gasteiger partial charge in [0.25, 0.3) is 11.8 Å². The second-order valence-electron chi connectivity index (χ2n) is 11.0. The van der Waals surface area contributed by atoms with Crippen LogP contribution in [0, 0.1) is 5.92 Å². The van der Waals surface area contributed by atoms with Crippen LogP contribution in [0.4, 0.5) is 13.2 Å². The second-order valence-corrected chi connectivity index (χ2v) is 11.0. The molecule has 2 aliphatic carbocycles. The fourth-order valence-corrected chi connectivity index (χ4v) is 5.68. The number of carbonyl (C=O) groups is 2. The van der Waals surface area contributed by atoms with E-state index in [1.165, 1.54) is 10.7 Å². The maximum atomic E-state index is 13.6. The monoisotopic (exact) mass is 544 g/mol. The number of hydrazine groups is 1. The Bertz CT molecular complexity index is 1490. The number of halogens is 3. The molecule has 1 aromatic carbocycles. The third kappa shape index (κ3) is 4.48. The van der Waals surface area contributed by atoms with Crippen LogP contribution in [0.3, 0.4) is 0 Å². The number of nitrogens with zero attached hydrogens (tertiary/aromatic N) is 5. The highest BCUT2D eigenvalue weighted by atomic mass is 19.4. The molecule has 13 heteroatoms. The molecule has 0 saturated heterocycles. The molecule has 6 rings (SSSR count). The summed E-state index contributed by atoms with van der Waals surface area (Å²) in [6, 6.07) is 3.69. The summed E-state index contributed by atoms with van der Waals surface area (Å²) in [7, 11) is 0. The second kappa shape index (κ2) is 8.65. The largest absolute Gasteiger partial charge is 0.573 e. The number of aromatic nitrogens is 3. The number of ether oxygens (including phenoxy) is 1. The summed E-state index contributed by atoms with van der Waals surface area (Å²) in [5.74, 6) is 4.67. The summed E-state index contributed by atoms with van der Waals surface area (Å²) >= 11 is 0. The van der Waals surface area contributed by atoms with Crippen molar-refractivity contribution in [2.45, 2.75) is 70.1 Å². The molecule has 1 aliphatic heterocycles. The highest BCUT2D eigenvalue weighted by Gasteiger charge is 2.45. The van der Waals surface area contributed by atoms with Crippen molar-refractivity contribution >= 4 is 17.5 Å². The van der Waals surface area contributed by atoms with E-state index in [2.05, 4.69) is 14.8 Å². The van der Waals surface area contributed by atoms with Gasteiger partial charge in [-0.3, -0.25) is 14.6 Å². The van der Waals surface area contributed by atoms with Crippen molar-refractivity contribution in [3.05, 3.63) is 47.3 Å². The van der Waals surface area contributed by atoms with Crippen LogP contribution in [-0.4, -0.2) is 65.5 Å². The van der Waals surface area contributed by atoms with Crippen LogP contribution in [0.2, 0.25) is 0 Å². The molecule has 0 spiro atoms. The topological polar surface area (TPSA) is 126 Å². The van der Waals surface area contributed by atoms with Crippen LogP contribution in [0.25, 0.3) is 16.9 Å². The molecule has 2 amide bonds. The lowest BCUT2D eigenvalue weighted by molar-refractivity contribution is -0.274. The first kappa shape index (κ1) is 25.6. The van der Waals surface area contributed by atoms with E-state index in [0.29, 0.717) is 11.5 Å². The number of hydrogen-bond acceptors (Lipinski definition) is 7. The van der Waals surface area contributed by atoms with Gasteiger partial charge in [-0.15, -0.1) is 13.2 Å². The van der Waals surface area contributed by atoms with Gasteiger partial charge in [0.1, 0.15) is 17.0 Å². The fraction of sp³-hybridized carbons (Fsp3) is 0.462. The van der Waals surface area contributed by atoms with Crippen molar-refractivity contribution in [2.24, 2.45) is 11.8 Å². The van der Waals surface area contributed by atoms with Gasteiger partial charge >= 0.3 is 6.36 Å². The van der Waals surface area contributed by atoms with E-state index < -0.39 is 35.6 Å². The average Bonchev–Trinajstić information content (AvgIpc) is 3.54. The predicted octanol–water partition coefficient (Wildman–Crippen LogP) is 3.28. The van der Waals surface area contributed by atoms with Gasteiger partial charge in [-0.2, -0.15) is 5.10 Å². The van der Waals surface area contributed by atoms with Gasteiger partial charge in [0.2, 0.25) is 0 Å². The number of rotatable bonds is 6. The summed E-state index contributed by atoms with van der Waals surface area (Å²) in [6.45, 7) is 3.65. The number of amides is 2. The van der Waals surface area contributed by atoms with E-state index in [4.69, 9.17) is 5.84 Å². The number of alkyl halides is 3. The summed E-state index contributed by atoms with van der Waals surface area (Å²) in [5, 5.41) is 15.6. The van der Waals surface area contributed by atoms with Crippen LogP contribution >= 0.6 is 0 Å². The van der Waals surface area contributed by atoms with Crippen molar-refractivity contribution < 1.29 is 32.6 Å². The highest BCUT2D eigenvalue weighted by Crippen LogP contribution is 2.43. The lowest BCUT2D eigenvalue weighted by Crippen LogP contribution is -2.58. The van der Waals surface area contributed by atoms with E-state index in [1.54, 1.807) is 30.2 Å². The van der Waals surface area contributed by atoms with Gasteiger partial charge in [0, 0.05) is 30.5 Å². The third-order valence-electron chi connectivity index (χ3n) is 7.88. The molecule has 2 saturated carbocycles. The van der Waals surface area contributed by atoms with Gasteiger partial charge in [0.05, 0.1) is 17.2 Å². The van der Waals surface area contributed by atoms with Gasteiger partial charge < -0.3 is 14.7 Å². The quantitative estimate of drug-likeness (QED) is 0.277. The minimum Gasteiger partial charge on any atom is -0.405 e. The maximum absolute atomic E-state index is 13.6. The fourth-order valence-electron chi connectivity index (χ4n) is 5.68. The van der Waals surface area contributed by atoms with Crippen molar-refractivity contribution in [1.82, 2.24) is 24.5 Å². The number of aliphatic hydroxyl groups is 1. The van der Waals surface area contributed by atoms with Crippen molar-refractivity contribution in [2.75, 3.05) is 0 Å². The summed E-state index contributed by atoms with van der Waals surface area (Å²) in [4.78, 5) is 32.7. The van der Waals surface area contributed by atoms with Gasteiger partial charge in [-0.05, 0) is 69.2 Å². The lowest BCUT2D eigenvalue weighted by Gasteiger charge is -2.44. The first-order chi connectivity index (χ1) is 18.3. The van der Waals surface area contributed by atoms with E-state index in [9.17, 15) is 27.9 Å². The molecule has 206 valence electrons. The molecule has 3 N–H and O–H groups in total. The molecule has 0 bridgehead atoms. The van der Waals surface area contributed by atoms with E-state index >= 15 is 0 Å². The van der Waals surface area contributed by atoms with Gasteiger partial charge in [-0.25, -0.2) is 15.3 Å². The van der Waals surface area contributed by atoms with Gasteiger partial charge in [-0.1, -0.05) is 0 Å². The predicted molar refractivity (Wildman–Crippen MR) is 131 cm³/mol. The SMILES string of the molecule is C[C@@H](C1CC1)N1Cc2cc(-c3nn4cccnc4c3C(=O)N(N)C3CC(C)(O)C3)cc(OC(F)(F)F)c2C1=O. The Labute approximate surface area is 221 Å². The molecule has 2 aromatic heterocycles. The smallest absolute Gasteiger partial charge is 0.405 e. The number of benzene rings is 1. The zero-order valence-corrected chi connectivity index (χ0v) is 21.3. The molecule has 1 atom stereocenters. The molecule has 0 radical (unpaired) electrons. The minimum absolute atomic E-state index is 0.00456. The first-order valence-electron chi connectivity index (χ1n) is 12.7. The van der Waals surface area contributed by atoms with Crippen LogP contribution in [0.5, 0.6) is 5.75 Å². The van der Waals surface area contributed by atoms with Crippen LogP contribution in [0.1, 0.15) is 65.8 Å².